The maximum Gasteiger partial charge on any atom is 0.390 e. The summed E-state index contributed by atoms with van der Waals surface area (Å²) in [6.07, 6.45) is -5.04. The molecule has 0 bridgehead atoms. The number of alkyl halides is 3. The Morgan fingerprint density at radius 2 is 1.90 bits per heavy atom. The Balaban J connectivity index is 2.00. The highest BCUT2D eigenvalue weighted by Gasteiger charge is 2.29. The SMILES string of the molecule is CC(CC(F)(F)F)NCc1n[nH]nc1-c1ccccc1. The van der Waals surface area contributed by atoms with E-state index < -0.39 is 18.6 Å². The summed E-state index contributed by atoms with van der Waals surface area (Å²) in [7, 11) is 0. The number of nitrogens with one attached hydrogen (secondary N) is 2. The molecule has 0 aliphatic carbocycles. The lowest BCUT2D eigenvalue weighted by Crippen LogP contribution is -2.31. The topological polar surface area (TPSA) is 53.6 Å². The molecule has 108 valence electrons. The lowest BCUT2D eigenvalue weighted by molar-refractivity contribution is -0.139. The van der Waals surface area contributed by atoms with E-state index in [1.165, 1.54) is 6.92 Å². The van der Waals surface area contributed by atoms with E-state index in [0.717, 1.165) is 5.56 Å². The molecular formula is C13H15F3N4. The van der Waals surface area contributed by atoms with Crippen molar-refractivity contribution in [1.29, 1.82) is 0 Å². The van der Waals surface area contributed by atoms with Gasteiger partial charge in [0, 0.05) is 18.2 Å². The predicted octanol–water partition coefficient (Wildman–Crippen LogP) is 2.90. The van der Waals surface area contributed by atoms with Gasteiger partial charge in [-0.2, -0.15) is 28.6 Å². The summed E-state index contributed by atoms with van der Waals surface area (Å²) in [5.41, 5.74) is 2.13. The number of hydrogen-bond acceptors (Lipinski definition) is 3. The predicted molar refractivity (Wildman–Crippen MR) is 68.8 cm³/mol. The first-order valence-electron chi connectivity index (χ1n) is 6.21. The van der Waals surface area contributed by atoms with Crippen LogP contribution in [0.5, 0.6) is 0 Å². The Morgan fingerprint density at radius 3 is 2.55 bits per heavy atom. The Labute approximate surface area is 114 Å². The Bertz CT molecular complexity index is 536. The van der Waals surface area contributed by atoms with E-state index in [4.69, 9.17) is 0 Å². The van der Waals surface area contributed by atoms with Crippen molar-refractivity contribution in [3.8, 4) is 11.3 Å². The molecule has 0 radical (unpaired) electrons. The van der Waals surface area contributed by atoms with Gasteiger partial charge in [-0.1, -0.05) is 30.3 Å². The maximum absolute atomic E-state index is 12.2. The molecular weight excluding hydrogens is 269 g/mol. The maximum atomic E-state index is 12.2. The first kappa shape index (κ1) is 14.5. The molecule has 1 aromatic carbocycles. The fourth-order valence-corrected chi connectivity index (χ4v) is 1.89. The molecule has 7 heteroatoms. The summed E-state index contributed by atoms with van der Waals surface area (Å²) >= 11 is 0. The van der Waals surface area contributed by atoms with Crippen LogP contribution < -0.4 is 5.32 Å². The van der Waals surface area contributed by atoms with E-state index in [1.807, 2.05) is 30.3 Å². The standard InChI is InChI=1S/C13H15F3N4/c1-9(7-13(14,15)16)17-8-11-12(19-20-18-11)10-5-3-2-4-6-10/h2-6,9,17H,7-8H2,1H3,(H,18,19,20). The summed E-state index contributed by atoms with van der Waals surface area (Å²) in [6, 6.07) is 8.70. The van der Waals surface area contributed by atoms with Crippen LogP contribution in [0.15, 0.2) is 30.3 Å². The van der Waals surface area contributed by atoms with Crippen molar-refractivity contribution in [1.82, 2.24) is 20.7 Å². The van der Waals surface area contributed by atoms with E-state index >= 15 is 0 Å². The van der Waals surface area contributed by atoms with Crippen molar-refractivity contribution in [3.05, 3.63) is 36.0 Å². The molecule has 0 fully saturated rings. The number of halogens is 3. The van der Waals surface area contributed by atoms with E-state index in [1.54, 1.807) is 0 Å². The largest absolute Gasteiger partial charge is 0.390 e. The lowest BCUT2D eigenvalue weighted by atomic mass is 10.1. The monoisotopic (exact) mass is 284 g/mol. The Morgan fingerprint density at radius 1 is 1.20 bits per heavy atom. The smallest absolute Gasteiger partial charge is 0.308 e. The van der Waals surface area contributed by atoms with Crippen LogP contribution in [0.25, 0.3) is 11.3 Å². The number of nitrogens with zero attached hydrogens (tertiary/aromatic N) is 2. The molecule has 1 aromatic heterocycles. The summed E-state index contributed by atoms with van der Waals surface area (Å²) < 4.78 is 36.7. The molecule has 20 heavy (non-hydrogen) atoms. The van der Waals surface area contributed by atoms with Crippen LogP contribution in [-0.2, 0) is 6.54 Å². The highest BCUT2D eigenvalue weighted by molar-refractivity contribution is 5.60. The van der Waals surface area contributed by atoms with E-state index in [9.17, 15) is 13.2 Å². The van der Waals surface area contributed by atoms with E-state index in [2.05, 4.69) is 20.7 Å². The minimum atomic E-state index is -4.17. The average Bonchev–Trinajstić information content (AvgIpc) is 2.83. The number of aromatic amines is 1. The zero-order valence-corrected chi connectivity index (χ0v) is 10.9. The molecule has 1 unspecified atom stereocenters. The van der Waals surface area contributed by atoms with Crippen LogP contribution in [0, 0.1) is 0 Å². The molecule has 0 aliphatic heterocycles. The quantitative estimate of drug-likeness (QED) is 0.887. The summed E-state index contributed by atoms with van der Waals surface area (Å²) in [5, 5.41) is 13.3. The van der Waals surface area contributed by atoms with Gasteiger partial charge in [-0.25, -0.2) is 0 Å². The van der Waals surface area contributed by atoms with Crippen molar-refractivity contribution in [3.63, 3.8) is 0 Å². The first-order chi connectivity index (χ1) is 9.46. The highest BCUT2D eigenvalue weighted by Crippen LogP contribution is 2.22. The van der Waals surface area contributed by atoms with Crippen LogP contribution in [0.3, 0.4) is 0 Å². The average molecular weight is 284 g/mol. The highest BCUT2D eigenvalue weighted by atomic mass is 19.4. The minimum absolute atomic E-state index is 0.234. The Kier molecular flexibility index (Phi) is 4.39. The number of H-pyrrole nitrogens is 1. The van der Waals surface area contributed by atoms with Crippen molar-refractivity contribution in [2.24, 2.45) is 0 Å². The van der Waals surface area contributed by atoms with Gasteiger partial charge in [0.05, 0.1) is 6.42 Å². The second-order valence-corrected chi connectivity index (χ2v) is 4.59. The normalized spacial score (nSPS) is 13.4. The molecule has 0 spiro atoms. The van der Waals surface area contributed by atoms with E-state index in [0.29, 0.717) is 11.4 Å². The van der Waals surface area contributed by atoms with Gasteiger partial charge in [-0.3, -0.25) is 0 Å². The molecule has 4 nitrogen and oxygen atoms in total. The number of benzene rings is 1. The Hall–Kier alpha value is -1.89. The third-order valence-corrected chi connectivity index (χ3v) is 2.82. The van der Waals surface area contributed by atoms with Crippen LogP contribution in [0.1, 0.15) is 19.0 Å². The van der Waals surface area contributed by atoms with Gasteiger partial charge < -0.3 is 5.32 Å². The zero-order valence-electron chi connectivity index (χ0n) is 10.9. The van der Waals surface area contributed by atoms with Crippen molar-refractivity contribution >= 4 is 0 Å². The van der Waals surface area contributed by atoms with Crippen LogP contribution in [0.2, 0.25) is 0 Å². The van der Waals surface area contributed by atoms with Gasteiger partial charge in [-0.05, 0) is 6.92 Å². The fourth-order valence-electron chi connectivity index (χ4n) is 1.89. The summed E-state index contributed by atoms with van der Waals surface area (Å²) in [4.78, 5) is 0. The molecule has 2 aromatic rings. The third kappa shape index (κ3) is 4.06. The summed E-state index contributed by atoms with van der Waals surface area (Å²) in [6.45, 7) is 1.73. The molecule has 2 rings (SSSR count). The second-order valence-electron chi connectivity index (χ2n) is 4.59. The lowest BCUT2D eigenvalue weighted by Gasteiger charge is -2.15. The molecule has 2 N–H and O–H groups in total. The molecule has 0 amide bonds. The molecule has 1 heterocycles. The first-order valence-corrected chi connectivity index (χ1v) is 6.21. The second kappa shape index (κ2) is 6.04. The van der Waals surface area contributed by atoms with Crippen LogP contribution >= 0.6 is 0 Å². The van der Waals surface area contributed by atoms with E-state index in [-0.39, 0.29) is 6.54 Å². The van der Waals surface area contributed by atoms with Crippen molar-refractivity contribution in [2.75, 3.05) is 0 Å². The molecule has 0 saturated carbocycles. The van der Waals surface area contributed by atoms with Gasteiger partial charge in [-0.15, -0.1) is 0 Å². The number of rotatable bonds is 5. The van der Waals surface area contributed by atoms with Crippen LogP contribution in [0.4, 0.5) is 13.2 Å². The summed E-state index contributed by atoms with van der Waals surface area (Å²) in [5.74, 6) is 0. The minimum Gasteiger partial charge on any atom is -0.308 e. The molecule has 0 aliphatic rings. The molecule has 0 saturated heterocycles. The van der Waals surface area contributed by atoms with Gasteiger partial charge in [0.2, 0.25) is 0 Å². The van der Waals surface area contributed by atoms with Crippen LogP contribution in [-0.4, -0.2) is 27.6 Å². The zero-order chi connectivity index (χ0) is 14.6. The van der Waals surface area contributed by atoms with Gasteiger partial charge in [0.15, 0.2) is 0 Å². The van der Waals surface area contributed by atoms with Gasteiger partial charge >= 0.3 is 6.18 Å². The third-order valence-electron chi connectivity index (χ3n) is 2.82. The number of aromatic nitrogens is 3. The number of hydrogen-bond donors (Lipinski definition) is 2. The van der Waals surface area contributed by atoms with Crippen molar-refractivity contribution < 1.29 is 13.2 Å². The van der Waals surface area contributed by atoms with Crippen molar-refractivity contribution in [2.45, 2.75) is 32.1 Å². The van der Waals surface area contributed by atoms with Gasteiger partial charge in [0.1, 0.15) is 11.4 Å². The molecule has 1 atom stereocenters. The fraction of sp³-hybridized carbons (Fsp3) is 0.385. The van der Waals surface area contributed by atoms with Gasteiger partial charge in [0.25, 0.3) is 0 Å².